The second-order valence-electron chi connectivity index (χ2n) is 5.59. The van der Waals surface area contributed by atoms with Gasteiger partial charge in [0.15, 0.2) is 21.8 Å². The van der Waals surface area contributed by atoms with Crippen molar-refractivity contribution >= 4 is 43.2 Å². The third kappa shape index (κ3) is 3.54. The topological polar surface area (TPSA) is 65.5 Å². The summed E-state index contributed by atoms with van der Waals surface area (Å²) in [5.41, 5.74) is 2.73. The summed E-state index contributed by atoms with van der Waals surface area (Å²) in [6, 6.07) is 11.6. The Hall–Kier alpha value is -2.84. The number of anilines is 2. The van der Waals surface area contributed by atoms with E-state index in [1.165, 1.54) is 11.3 Å². The highest BCUT2D eigenvalue weighted by Gasteiger charge is 2.11. The third-order valence-corrected chi connectivity index (χ3v) is 5.70. The van der Waals surface area contributed by atoms with Crippen molar-refractivity contribution in [1.29, 1.82) is 0 Å². The lowest BCUT2D eigenvalue weighted by molar-refractivity contribution is 0.355. The van der Waals surface area contributed by atoms with Crippen molar-refractivity contribution in [1.82, 2.24) is 9.97 Å². The Morgan fingerprint density at radius 1 is 0.852 bits per heavy atom. The van der Waals surface area contributed by atoms with Gasteiger partial charge in [0, 0.05) is 17.0 Å². The molecule has 138 valence electrons. The Morgan fingerprint density at radius 2 is 1.70 bits per heavy atom. The van der Waals surface area contributed by atoms with Gasteiger partial charge in [0.25, 0.3) is 0 Å². The van der Waals surface area contributed by atoms with Crippen molar-refractivity contribution in [3.8, 4) is 28.5 Å². The molecular weight excluding hydrogens is 382 g/mol. The highest BCUT2D eigenvalue weighted by Crippen LogP contribution is 2.35. The number of fused-ring (bicyclic) bond motifs is 1. The van der Waals surface area contributed by atoms with Crippen LogP contribution >= 0.6 is 22.7 Å². The number of benzene rings is 2. The second-order valence-corrected chi connectivity index (χ2v) is 7.47. The Balaban J connectivity index is 1.58. The van der Waals surface area contributed by atoms with Gasteiger partial charge in [-0.05, 0) is 30.3 Å². The predicted octanol–water partition coefficient (Wildman–Crippen LogP) is 5.19. The Morgan fingerprint density at radius 3 is 2.48 bits per heavy atom. The lowest BCUT2D eigenvalue weighted by atomic mass is 10.1. The summed E-state index contributed by atoms with van der Waals surface area (Å²) in [5.74, 6) is 2.17. The van der Waals surface area contributed by atoms with Gasteiger partial charge in [-0.2, -0.15) is 0 Å². The van der Waals surface area contributed by atoms with Crippen molar-refractivity contribution in [3.05, 3.63) is 41.8 Å². The lowest BCUT2D eigenvalue weighted by Gasteiger charge is -2.08. The summed E-state index contributed by atoms with van der Waals surface area (Å²) in [7, 11) is 4.89. The molecule has 0 spiro atoms. The van der Waals surface area contributed by atoms with Crippen LogP contribution in [0.3, 0.4) is 0 Å². The van der Waals surface area contributed by atoms with Gasteiger partial charge in [-0.25, -0.2) is 9.97 Å². The van der Waals surface area contributed by atoms with Crippen molar-refractivity contribution in [2.75, 3.05) is 26.6 Å². The van der Waals surface area contributed by atoms with Gasteiger partial charge in [0.2, 0.25) is 0 Å². The molecule has 0 aliphatic rings. The van der Waals surface area contributed by atoms with Crippen LogP contribution < -0.4 is 19.5 Å². The summed E-state index contributed by atoms with van der Waals surface area (Å²) in [5, 5.41) is 6.87. The van der Waals surface area contributed by atoms with Crippen LogP contribution in [0.2, 0.25) is 0 Å². The van der Waals surface area contributed by atoms with Gasteiger partial charge in [-0.1, -0.05) is 11.3 Å². The Bertz CT molecular complexity index is 1090. The van der Waals surface area contributed by atoms with Crippen molar-refractivity contribution in [2.24, 2.45) is 0 Å². The molecule has 2 aromatic heterocycles. The molecule has 2 aromatic carbocycles. The highest BCUT2D eigenvalue weighted by atomic mass is 32.1. The highest BCUT2D eigenvalue weighted by molar-refractivity contribution is 7.22. The maximum Gasteiger partial charge on any atom is 0.190 e. The fourth-order valence-corrected chi connectivity index (χ4v) is 4.27. The molecule has 8 heteroatoms. The quantitative estimate of drug-likeness (QED) is 0.481. The normalized spacial score (nSPS) is 10.8. The van der Waals surface area contributed by atoms with Gasteiger partial charge in [-0.3, -0.25) is 0 Å². The van der Waals surface area contributed by atoms with Crippen LogP contribution in [0.15, 0.2) is 41.8 Å². The smallest absolute Gasteiger partial charge is 0.190 e. The zero-order chi connectivity index (χ0) is 18.8. The van der Waals surface area contributed by atoms with E-state index in [0.717, 1.165) is 37.5 Å². The zero-order valence-electron chi connectivity index (χ0n) is 15.0. The number of nitrogens with zero attached hydrogens (tertiary/aromatic N) is 2. The van der Waals surface area contributed by atoms with Crippen LogP contribution in [0, 0.1) is 0 Å². The van der Waals surface area contributed by atoms with Crippen LogP contribution in [0.5, 0.6) is 17.2 Å². The molecule has 0 aliphatic carbocycles. The van der Waals surface area contributed by atoms with E-state index in [-0.39, 0.29) is 0 Å². The molecule has 2 heterocycles. The molecule has 0 saturated heterocycles. The largest absolute Gasteiger partial charge is 0.497 e. The number of methoxy groups -OCH3 is 3. The third-order valence-electron chi connectivity index (χ3n) is 3.99. The number of thiazole rings is 2. The van der Waals surface area contributed by atoms with E-state index < -0.39 is 0 Å². The first-order valence-corrected chi connectivity index (χ1v) is 9.79. The molecule has 6 nitrogen and oxygen atoms in total. The lowest BCUT2D eigenvalue weighted by Crippen LogP contribution is -1.91. The van der Waals surface area contributed by atoms with Crippen molar-refractivity contribution < 1.29 is 14.2 Å². The number of hydrogen-bond donors (Lipinski definition) is 1. The average molecular weight is 399 g/mol. The maximum atomic E-state index is 5.37. The minimum Gasteiger partial charge on any atom is -0.497 e. The number of aromatic nitrogens is 2. The molecule has 0 radical (unpaired) electrons. The van der Waals surface area contributed by atoms with E-state index in [9.17, 15) is 0 Å². The molecule has 0 aliphatic heterocycles. The van der Waals surface area contributed by atoms with E-state index in [1.807, 2.05) is 41.8 Å². The molecule has 1 N–H and O–H groups in total. The van der Waals surface area contributed by atoms with Gasteiger partial charge in [-0.15, -0.1) is 11.3 Å². The van der Waals surface area contributed by atoms with Gasteiger partial charge in [0.05, 0.1) is 37.2 Å². The minimum atomic E-state index is 0.678. The van der Waals surface area contributed by atoms with E-state index >= 15 is 0 Å². The molecule has 4 rings (SSSR count). The van der Waals surface area contributed by atoms with Gasteiger partial charge >= 0.3 is 0 Å². The van der Waals surface area contributed by atoms with Gasteiger partial charge in [0.1, 0.15) is 5.75 Å². The van der Waals surface area contributed by atoms with Crippen LogP contribution in [-0.4, -0.2) is 31.3 Å². The molecule has 0 unspecified atom stereocenters. The molecule has 0 saturated carbocycles. The molecular formula is C19H17N3O3S2. The number of rotatable bonds is 6. The molecule has 0 bridgehead atoms. The minimum absolute atomic E-state index is 0.678. The summed E-state index contributed by atoms with van der Waals surface area (Å²) in [6.45, 7) is 0. The van der Waals surface area contributed by atoms with E-state index in [4.69, 9.17) is 14.2 Å². The van der Waals surface area contributed by atoms with E-state index in [1.54, 1.807) is 32.7 Å². The zero-order valence-corrected chi connectivity index (χ0v) is 16.6. The van der Waals surface area contributed by atoms with E-state index in [0.29, 0.717) is 11.5 Å². The monoisotopic (exact) mass is 399 g/mol. The number of hydrogen-bond acceptors (Lipinski definition) is 8. The van der Waals surface area contributed by atoms with Crippen LogP contribution in [-0.2, 0) is 0 Å². The average Bonchev–Trinajstić information content (AvgIpc) is 3.33. The van der Waals surface area contributed by atoms with Gasteiger partial charge < -0.3 is 19.5 Å². The maximum absolute atomic E-state index is 5.37. The Labute approximate surface area is 164 Å². The first-order chi connectivity index (χ1) is 13.2. The number of ether oxygens (including phenoxy) is 3. The summed E-state index contributed by atoms with van der Waals surface area (Å²) < 4.78 is 17.0. The predicted molar refractivity (Wildman–Crippen MR) is 110 cm³/mol. The van der Waals surface area contributed by atoms with Crippen LogP contribution in [0.25, 0.3) is 21.5 Å². The molecule has 4 aromatic rings. The fraction of sp³-hybridized carbons (Fsp3) is 0.158. The summed E-state index contributed by atoms with van der Waals surface area (Å²) in [6.07, 6.45) is 0. The van der Waals surface area contributed by atoms with Crippen molar-refractivity contribution in [2.45, 2.75) is 0 Å². The first kappa shape index (κ1) is 17.6. The second kappa shape index (κ2) is 7.42. The fourth-order valence-electron chi connectivity index (χ4n) is 2.64. The molecule has 27 heavy (non-hydrogen) atoms. The van der Waals surface area contributed by atoms with E-state index in [2.05, 4.69) is 15.3 Å². The number of nitrogens with one attached hydrogen (secondary N) is 1. The molecule has 0 fully saturated rings. The summed E-state index contributed by atoms with van der Waals surface area (Å²) >= 11 is 3.11. The van der Waals surface area contributed by atoms with Crippen molar-refractivity contribution in [3.63, 3.8) is 0 Å². The standard InChI is InChI=1S/C19H17N3O3S2/c1-23-12-5-7-17-13(9-12)20-19(27-17)22-18-21-14(10-26-18)11-4-6-15(24-2)16(8-11)25-3/h4-10H,1-3H3,(H,20,21,22). The molecule has 0 atom stereocenters. The van der Waals surface area contributed by atoms with Crippen LogP contribution in [0.1, 0.15) is 0 Å². The Kier molecular flexibility index (Phi) is 4.83. The summed E-state index contributed by atoms with van der Waals surface area (Å²) in [4.78, 5) is 9.27. The SMILES string of the molecule is COc1ccc2sc(Nc3nc(-c4ccc(OC)c(OC)c4)cs3)nc2c1. The molecule has 0 amide bonds. The van der Waals surface area contributed by atoms with Crippen LogP contribution in [0.4, 0.5) is 10.3 Å². The first-order valence-electron chi connectivity index (χ1n) is 8.09.